The minimum absolute atomic E-state index is 0.141. The number of rotatable bonds is 1. The van der Waals surface area contributed by atoms with Crippen molar-refractivity contribution in [3.63, 3.8) is 0 Å². The van der Waals surface area contributed by atoms with Crippen LogP contribution in [-0.4, -0.2) is 24.1 Å². The summed E-state index contributed by atoms with van der Waals surface area (Å²) >= 11 is 0. The van der Waals surface area contributed by atoms with E-state index in [9.17, 15) is 9.59 Å². The molecule has 2 amide bonds. The second-order valence-corrected chi connectivity index (χ2v) is 4.51. The molecular weight excluding hydrogens is 196 g/mol. The molecule has 0 aromatic heterocycles. The molecule has 1 rings (SSSR count). The fraction of sp³-hybridized carbons (Fsp3) is 0.600. The third kappa shape index (κ3) is 3.27. The third-order valence-corrected chi connectivity index (χ3v) is 1.86. The Bertz CT molecular complexity index is 326. The third-order valence-electron chi connectivity index (χ3n) is 1.86. The zero-order valence-corrected chi connectivity index (χ0v) is 9.43. The number of esters is 1. The van der Waals surface area contributed by atoms with Crippen LogP contribution in [0.25, 0.3) is 0 Å². The number of carbonyl (C=O) groups excluding carboxylic acids is 2. The topological polar surface area (TPSA) is 67.4 Å². The van der Waals surface area contributed by atoms with Crippen LogP contribution in [0.4, 0.5) is 4.79 Å². The molecule has 0 spiro atoms. The maximum atomic E-state index is 11.4. The molecule has 0 atom stereocenters. The first-order valence-electron chi connectivity index (χ1n) is 4.75. The van der Waals surface area contributed by atoms with Crippen LogP contribution in [0.5, 0.6) is 0 Å². The first kappa shape index (κ1) is 11.6. The number of amides is 2. The summed E-state index contributed by atoms with van der Waals surface area (Å²) in [5.41, 5.74) is 0.683. The average molecular weight is 212 g/mol. The van der Waals surface area contributed by atoms with Gasteiger partial charge in [0.05, 0.1) is 11.3 Å². The Morgan fingerprint density at radius 2 is 2.00 bits per heavy atom. The Kier molecular flexibility index (Phi) is 3.02. The molecule has 0 bridgehead atoms. The summed E-state index contributed by atoms with van der Waals surface area (Å²) < 4.78 is 4.75. The van der Waals surface area contributed by atoms with Gasteiger partial charge < -0.3 is 15.4 Å². The van der Waals surface area contributed by atoms with Gasteiger partial charge in [0, 0.05) is 5.54 Å². The van der Waals surface area contributed by atoms with Crippen molar-refractivity contribution in [1.29, 1.82) is 0 Å². The van der Waals surface area contributed by atoms with E-state index in [1.54, 1.807) is 6.92 Å². The molecule has 5 heteroatoms. The first-order chi connectivity index (χ1) is 6.79. The van der Waals surface area contributed by atoms with E-state index in [0.717, 1.165) is 0 Å². The van der Waals surface area contributed by atoms with Gasteiger partial charge in [0.1, 0.15) is 6.61 Å². The standard InChI is InChI=1S/C10H16N2O3/c1-6-7(5-15-8(6)13)11-9(14)12-10(2,3)4/h5H2,1-4H3,(H2,11,12,14). The van der Waals surface area contributed by atoms with E-state index < -0.39 is 0 Å². The second kappa shape index (κ2) is 3.92. The molecule has 5 nitrogen and oxygen atoms in total. The van der Waals surface area contributed by atoms with E-state index in [2.05, 4.69) is 10.6 Å². The molecule has 2 N–H and O–H groups in total. The summed E-state index contributed by atoms with van der Waals surface area (Å²) in [6, 6.07) is -0.324. The number of hydrogen-bond donors (Lipinski definition) is 2. The zero-order chi connectivity index (χ0) is 11.6. The van der Waals surface area contributed by atoms with Gasteiger partial charge in [-0.15, -0.1) is 0 Å². The molecule has 0 radical (unpaired) electrons. The molecule has 0 fully saturated rings. The molecule has 0 saturated heterocycles. The van der Waals surface area contributed by atoms with Crippen molar-refractivity contribution in [1.82, 2.24) is 10.6 Å². The lowest BCUT2D eigenvalue weighted by Gasteiger charge is -2.20. The van der Waals surface area contributed by atoms with Crippen LogP contribution in [0, 0.1) is 0 Å². The van der Waals surface area contributed by atoms with Crippen molar-refractivity contribution in [2.45, 2.75) is 33.2 Å². The van der Waals surface area contributed by atoms with Crippen molar-refractivity contribution in [2.75, 3.05) is 6.61 Å². The molecule has 15 heavy (non-hydrogen) atoms. The number of urea groups is 1. The lowest BCUT2D eigenvalue weighted by atomic mass is 10.1. The number of cyclic esters (lactones) is 1. The van der Waals surface area contributed by atoms with Crippen molar-refractivity contribution in [2.24, 2.45) is 0 Å². The highest BCUT2D eigenvalue weighted by atomic mass is 16.5. The van der Waals surface area contributed by atoms with E-state index in [-0.39, 0.29) is 24.1 Å². The van der Waals surface area contributed by atoms with Gasteiger partial charge in [0.25, 0.3) is 0 Å². The van der Waals surface area contributed by atoms with Gasteiger partial charge in [-0.25, -0.2) is 9.59 Å². The quantitative estimate of drug-likeness (QED) is 0.635. The van der Waals surface area contributed by atoms with Crippen LogP contribution in [-0.2, 0) is 9.53 Å². The van der Waals surface area contributed by atoms with Gasteiger partial charge >= 0.3 is 12.0 Å². The Hall–Kier alpha value is -1.52. The molecule has 0 aliphatic carbocycles. The summed E-state index contributed by atoms with van der Waals surface area (Å²) in [6.45, 7) is 7.41. The van der Waals surface area contributed by atoms with Gasteiger partial charge in [0.15, 0.2) is 0 Å². The smallest absolute Gasteiger partial charge is 0.336 e. The number of hydrogen-bond acceptors (Lipinski definition) is 3. The van der Waals surface area contributed by atoms with Crippen LogP contribution in [0.2, 0.25) is 0 Å². The molecule has 84 valence electrons. The highest BCUT2D eigenvalue weighted by Gasteiger charge is 2.23. The van der Waals surface area contributed by atoms with Crippen molar-refractivity contribution < 1.29 is 14.3 Å². The molecule has 1 heterocycles. The van der Waals surface area contributed by atoms with E-state index in [4.69, 9.17) is 4.74 Å². The minimum atomic E-state index is -0.374. The molecule has 1 aliphatic rings. The molecule has 1 aliphatic heterocycles. The first-order valence-corrected chi connectivity index (χ1v) is 4.75. The van der Waals surface area contributed by atoms with Gasteiger partial charge in [-0.3, -0.25) is 0 Å². The van der Waals surface area contributed by atoms with Crippen LogP contribution < -0.4 is 10.6 Å². The molecule has 0 unspecified atom stereocenters. The Morgan fingerprint density at radius 1 is 1.40 bits per heavy atom. The summed E-state index contributed by atoms with van der Waals surface area (Å²) in [4.78, 5) is 22.4. The Morgan fingerprint density at radius 3 is 2.40 bits per heavy atom. The van der Waals surface area contributed by atoms with Gasteiger partial charge in [-0.1, -0.05) is 0 Å². The second-order valence-electron chi connectivity index (χ2n) is 4.51. The van der Waals surface area contributed by atoms with E-state index >= 15 is 0 Å². The van der Waals surface area contributed by atoms with Crippen molar-refractivity contribution >= 4 is 12.0 Å². The van der Waals surface area contributed by atoms with Crippen LogP contribution in [0.15, 0.2) is 11.3 Å². The zero-order valence-electron chi connectivity index (χ0n) is 9.43. The fourth-order valence-electron chi connectivity index (χ4n) is 1.12. The molecule has 0 aromatic carbocycles. The number of ether oxygens (including phenoxy) is 1. The van der Waals surface area contributed by atoms with Gasteiger partial charge in [-0.05, 0) is 27.7 Å². The maximum absolute atomic E-state index is 11.4. The summed E-state index contributed by atoms with van der Waals surface area (Å²) in [5.74, 6) is -0.374. The largest absolute Gasteiger partial charge is 0.456 e. The number of carbonyl (C=O) groups is 2. The predicted octanol–water partition coefficient (Wildman–Crippen LogP) is 0.915. The lowest BCUT2D eigenvalue weighted by molar-refractivity contribution is -0.135. The van der Waals surface area contributed by atoms with E-state index in [1.165, 1.54) is 0 Å². The molecule has 0 saturated carbocycles. The lowest BCUT2D eigenvalue weighted by Crippen LogP contribution is -2.46. The summed E-state index contributed by atoms with van der Waals surface area (Å²) in [5, 5.41) is 5.33. The SMILES string of the molecule is CC1=C(NC(=O)NC(C)(C)C)COC1=O. The van der Waals surface area contributed by atoms with Crippen LogP contribution >= 0.6 is 0 Å². The van der Waals surface area contributed by atoms with Gasteiger partial charge in [0.2, 0.25) is 0 Å². The minimum Gasteiger partial charge on any atom is -0.456 e. The van der Waals surface area contributed by atoms with Gasteiger partial charge in [-0.2, -0.15) is 0 Å². The normalized spacial score (nSPS) is 16.4. The fourth-order valence-corrected chi connectivity index (χ4v) is 1.12. The molecule has 0 aromatic rings. The maximum Gasteiger partial charge on any atom is 0.336 e. The highest BCUT2D eigenvalue weighted by molar-refractivity contribution is 5.92. The predicted molar refractivity (Wildman–Crippen MR) is 55.1 cm³/mol. The Balaban J connectivity index is 2.57. The van der Waals surface area contributed by atoms with Crippen molar-refractivity contribution in [3.05, 3.63) is 11.3 Å². The monoisotopic (exact) mass is 212 g/mol. The van der Waals surface area contributed by atoms with E-state index in [1.807, 2.05) is 20.8 Å². The number of nitrogens with one attached hydrogen (secondary N) is 2. The average Bonchev–Trinajstić information content (AvgIpc) is 2.32. The molecular formula is C10H16N2O3. The van der Waals surface area contributed by atoms with Crippen molar-refractivity contribution in [3.8, 4) is 0 Å². The van der Waals surface area contributed by atoms with Crippen LogP contribution in [0.1, 0.15) is 27.7 Å². The Labute approximate surface area is 88.9 Å². The van der Waals surface area contributed by atoms with E-state index in [0.29, 0.717) is 11.3 Å². The highest BCUT2D eigenvalue weighted by Crippen LogP contribution is 2.12. The summed E-state index contributed by atoms with van der Waals surface area (Å²) in [7, 11) is 0. The summed E-state index contributed by atoms with van der Waals surface area (Å²) in [6.07, 6.45) is 0. The van der Waals surface area contributed by atoms with Crippen LogP contribution in [0.3, 0.4) is 0 Å².